The van der Waals surface area contributed by atoms with Gasteiger partial charge >= 0.3 is 0 Å². The molecule has 330 valence electrons. The van der Waals surface area contributed by atoms with E-state index >= 15 is 0 Å². The Balaban J connectivity index is 0.939. The Bertz CT molecular complexity index is 2760. The van der Waals surface area contributed by atoms with Crippen molar-refractivity contribution in [2.45, 2.75) is 0 Å². The van der Waals surface area contributed by atoms with E-state index in [4.69, 9.17) is 18.9 Å². The second-order valence-corrected chi connectivity index (χ2v) is 15.8. The highest BCUT2D eigenvalue weighted by molar-refractivity contribution is 6.50. The number of para-hydroxylation sites is 4. The van der Waals surface area contributed by atoms with Gasteiger partial charge in [0.25, 0.3) is 23.6 Å². The Morgan fingerprint density at radius 1 is 0.235 bits per heavy atom. The molecule has 10 rings (SSSR count). The van der Waals surface area contributed by atoms with Crippen LogP contribution in [0.5, 0.6) is 46.0 Å². The number of ether oxygens (including phenoxy) is 4. The molecule has 2 aliphatic heterocycles. The third-order valence-corrected chi connectivity index (χ3v) is 11.4. The molecule has 68 heavy (non-hydrogen) atoms. The smallest absolute Gasteiger partial charge is 0.262 e. The molecule has 10 heteroatoms. The summed E-state index contributed by atoms with van der Waals surface area (Å²) in [5.41, 5.74) is 2.66. The normalized spacial score (nSPS) is 13.6. The SMILES string of the molecule is O=C1C(c2ccc(Oc3ccccc3)cc2)=C(c2ccc(Oc3ccccc3)cc2)C(=O)N1CCN1C(=O)C(c2ccc(Oc3ccccc3)cc2)=C(c2ccc(Oc3ccccc3)cc2)C1=O. The largest absolute Gasteiger partial charge is 0.457 e. The zero-order chi connectivity index (χ0) is 46.4. The van der Waals surface area contributed by atoms with Crippen molar-refractivity contribution in [3.63, 3.8) is 0 Å². The number of rotatable bonds is 15. The van der Waals surface area contributed by atoms with Crippen molar-refractivity contribution in [3.8, 4) is 46.0 Å². The third-order valence-electron chi connectivity index (χ3n) is 11.4. The van der Waals surface area contributed by atoms with Gasteiger partial charge in [0, 0.05) is 13.1 Å². The number of hydrogen-bond acceptors (Lipinski definition) is 8. The summed E-state index contributed by atoms with van der Waals surface area (Å²) in [7, 11) is 0. The zero-order valence-electron chi connectivity index (χ0n) is 36.4. The van der Waals surface area contributed by atoms with Gasteiger partial charge in [0.1, 0.15) is 46.0 Å². The van der Waals surface area contributed by atoms with E-state index in [-0.39, 0.29) is 35.4 Å². The van der Waals surface area contributed by atoms with Crippen LogP contribution in [0, 0.1) is 0 Å². The fraction of sp³-hybridized carbons (Fsp3) is 0.0345. The molecule has 0 bridgehead atoms. The highest BCUT2D eigenvalue weighted by Gasteiger charge is 2.43. The Labute approximate surface area is 392 Å². The fourth-order valence-electron chi connectivity index (χ4n) is 8.09. The van der Waals surface area contributed by atoms with Crippen molar-refractivity contribution in [2.24, 2.45) is 0 Å². The topological polar surface area (TPSA) is 112 Å². The van der Waals surface area contributed by atoms with Gasteiger partial charge in [-0.25, -0.2) is 0 Å². The lowest BCUT2D eigenvalue weighted by Gasteiger charge is -2.20. The van der Waals surface area contributed by atoms with Gasteiger partial charge in [-0.15, -0.1) is 0 Å². The Hall–Kier alpha value is -9.28. The molecule has 0 aromatic heterocycles. The standard InChI is InChI=1S/C58H40N2O8/c61-55-51(39-21-29-47(30-22-39)65-43-13-5-1-6-14-43)52(40-23-31-48(32-24-40)66-44-15-7-2-8-16-44)56(62)59(55)37-38-60-57(63)53(41-25-33-49(34-26-41)67-45-17-9-3-10-18-45)54(58(60)64)42-27-35-50(36-28-42)68-46-19-11-4-12-20-46/h1-36H,37-38H2. The van der Waals surface area contributed by atoms with Crippen LogP contribution >= 0.6 is 0 Å². The minimum Gasteiger partial charge on any atom is -0.457 e. The molecule has 0 N–H and O–H groups in total. The molecule has 2 aliphatic rings. The van der Waals surface area contributed by atoms with Crippen molar-refractivity contribution in [1.82, 2.24) is 9.80 Å². The number of benzene rings is 8. The molecular formula is C58H40N2O8. The van der Waals surface area contributed by atoms with Crippen molar-refractivity contribution >= 4 is 45.9 Å². The first-order valence-electron chi connectivity index (χ1n) is 21.9. The Kier molecular flexibility index (Phi) is 12.0. The molecule has 0 aliphatic carbocycles. The van der Waals surface area contributed by atoms with Crippen LogP contribution in [0.1, 0.15) is 22.3 Å². The summed E-state index contributed by atoms with van der Waals surface area (Å²) in [6.07, 6.45) is 0. The average molecular weight is 893 g/mol. The number of nitrogens with zero attached hydrogens (tertiary/aromatic N) is 2. The molecule has 0 unspecified atom stereocenters. The van der Waals surface area contributed by atoms with Crippen LogP contribution in [-0.4, -0.2) is 46.5 Å². The van der Waals surface area contributed by atoms with Gasteiger partial charge in [-0.3, -0.25) is 29.0 Å². The number of imide groups is 2. The molecular weight excluding hydrogens is 853 g/mol. The summed E-state index contributed by atoms with van der Waals surface area (Å²) in [6, 6.07) is 65.0. The van der Waals surface area contributed by atoms with E-state index in [0.29, 0.717) is 68.2 Å². The highest BCUT2D eigenvalue weighted by Crippen LogP contribution is 2.40. The predicted molar refractivity (Wildman–Crippen MR) is 259 cm³/mol. The minimum absolute atomic E-state index is 0.173. The van der Waals surface area contributed by atoms with Crippen molar-refractivity contribution in [2.75, 3.05) is 13.1 Å². The van der Waals surface area contributed by atoms with Crippen LogP contribution in [0.25, 0.3) is 22.3 Å². The van der Waals surface area contributed by atoms with E-state index in [1.807, 2.05) is 121 Å². The molecule has 0 saturated carbocycles. The molecule has 0 spiro atoms. The lowest BCUT2D eigenvalue weighted by Crippen LogP contribution is -2.42. The summed E-state index contributed by atoms with van der Waals surface area (Å²) in [5.74, 6) is 2.47. The van der Waals surface area contributed by atoms with E-state index in [2.05, 4.69) is 0 Å². The minimum atomic E-state index is -0.568. The van der Waals surface area contributed by atoms with Crippen LogP contribution in [0.4, 0.5) is 0 Å². The van der Waals surface area contributed by atoms with E-state index in [0.717, 1.165) is 9.80 Å². The van der Waals surface area contributed by atoms with Crippen LogP contribution in [0.3, 0.4) is 0 Å². The van der Waals surface area contributed by atoms with Gasteiger partial charge in [0.2, 0.25) is 0 Å². The average Bonchev–Trinajstić information content (AvgIpc) is 3.78. The molecule has 4 amide bonds. The summed E-state index contributed by atoms with van der Waals surface area (Å²) in [5, 5.41) is 0. The molecule has 10 nitrogen and oxygen atoms in total. The third kappa shape index (κ3) is 9.02. The number of hydrogen-bond donors (Lipinski definition) is 0. The van der Waals surface area contributed by atoms with Crippen molar-refractivity contribution in [1.29, 1.82) is 0 Å². The maximum Gasteiger partial charge on any atom is 0.262 e. The lowest BCUT2D eigenvalue weighted by molar-refractivity contribution is -0.141. The second-order valence-electron chi connectivity index (χ2n) is 15.8. The quantitative estimate of drug-likeness (QED) is 0.0936. The summed E-state index contributed by atoms with van der Waals surface area (Å²) in [6.45, 7) is -0.526. The Morgan fingerprint density at radius 2 is 0.412 bits per heavy atom. The molecule has 8 aromatic rings. The predicted octanol–water partition coefficient (Wildman–Crippen LogP) is 12.1. The van der Waals surface area contributed by atoms with Gasteiger partial charge in [-0.2, -0.15) is 0 Å². The summed E-state index contributed by atoms with van der Waals surface area (Å²) < 4.78 is 24.1. The van der Waals surface area contributed by atoms with Gasteiger partial charge in [-0.1, -0.05) is 121 Å². The van der Waals surface area contributed by atoms with Crippen LogP contribution in [0.2, 0.25) is 0 Å². The van der Waals surface area contributed by atoms with Gasteiger partial charge in [0.05, 0.1) is 22.3 Å². The molecule has 0 fully saturated rings. The maximum atomic E-state index is 14.6. The van der Waals surface area contributed by atoms with Gasteiger partial charge in [-0.05, 0) is 119 Å². The molecule has 2 heterocycles. The first-order valence-corrected chi connectivity index (χ1v) is 21.9. The fourth-order valence-corrected chi connectivity index (χ4v) is 8.09. The first-order chi connectivity index (χ1) is 33.4. The Morgan fingerprint density at radius 3 is 0.603 bits per heavy atom. The maximum absolute atomic E-state index is 14.6. The summed E-state index contributed by atoms with van der Waals surface area (Å²) in [4.78, 5) is 60.7. The second kappa shape index (κ2) is 19.1. The van der Waals surface area contributed by atoms with E-state index in [9.17, 15) is 19.2 Å². The monoisotopic (exact) mass is 892 g/mol. The highest BCUT2D eigenvalue weighted by atomic mass is 16.5. The first kappa shape index (κ1) is 42.7. The van der Waals surface area contributed by atoms with Crippen LogP contribution in [-0.2, 0) is 19.2 Å². The number of carbonyl (C=O) groups is 4. The molecule has 0 radical (unpaired) electrons. The van der Waals surface area contributed by atoms with Gasteiger partial charge in [0.15, 0.2) is 0 Å². The summed E-state index contributed by atoms with van der Waals surface area (Å²) >= 11 is 0. The molecule has 8 aromatic carbocycles. The van der Waals surface area contributed by atoms with E-state index < -0.39 is 23.6 Å². The number of amides is 4. The van der Waals surface area contributed by atoms with Crippen molar-refractivity contribution < 1.29 is 38.1 Å². The molecule has 0 atom stereocenters. The van der Waals surface area contributed by atoms with Gasteiger partial charge < -0.3 is 18.9 Å². The van der Waals surface area contributed by atoms with E-state index in [1.54, 1.807) is 97.1 Å². The van der Waals surface area contributed by atoms with Crippen molar-refractivity contribution in [3.05, 3.63) is 241 Å². The number of carbonyl (C=O) groups excluding carboxylic acids is 4. The zero-order valence-corrected chi connectivity index (χ0v) is 36.4. The van der Waals surface area contributed by atoms with E-state index in [1.165, 1.54) is 0 Å². The van der Waals surface area contributed by atoms with Crippen LogP contribution in [0.15, 0.2) is 218 Å². The molecule has 0 saturated heterocycles. The lowest BCUT2D eigenvalue weighted by atomic mass is 9.96. The van der Waals surface area contributed by atoms with Crippen LogP contribution < -0.4 is 18.9 Å².